The highest BCUT2D eigenvalue weighted by Crippen LogP contribution is 2.21. The minimum atomic E-state index is -0.345. The van der Waals surface area contributed by atoms with Crippen LogP contribution >= 0.6 is 27.5 Å². The van der Waals surface area contributed by atoms with Gasteiger partial charge in [-0.1, -0.05) is 23.7 Å². The van der Waals surface area contributed by atoms with Crippen LogP contribution in [0, 0.1) is 0 Å². The SMILES string of the molecule is O=C(Cc1cnc(-c2ccc(Cl)cc2)[nH]c1=O)Nc1ccccc1Br. The number of aromatic nitrogens is 2. The number of H-pyrrole nitrogens is 1. The van der Waals surface area contributed by atoms with Crippen LogP contribution in [0.25, 0.3) is 11.4 Å². The lowest BCUT2D eigenvalue weighted by molar-refractivity contribution is -0.115. The number of halogens is 2. The molecule has 0 unspecified atom stereocenters. The normalized spacial score (nSPS) is 10.5. The van der Waals surface area contributed by atoms with Gasteiger partial charge in [-0.2, -0.15) is 0 Å². The van der Waals surface area contributed by atoms with Gasteiger partial charge in [-0.15, -0.1) is 0 Å². The Kier molecular flexibility index (Phi) is 5.31. The molecule has 0 spiro atoms. The fourth-order valence-electron chi connectivity index (χ4n) is 2.23. The molecule has 0 atom stereocenters. The summed E-state index contributed by atoms with van der Waals surface area (Å²) >= 11 is 9.21. The summed E-state index contributed by atoms with van der Waals surface area (Å²) in [6.45, 7) is 0. The van der Waals surface area contributed by atoms with Crippen LogP contribution in [0.4, 0.5) is 5.69 Å². The zero-order chi connectivity index (χ0) is 17.8. The lowest BCUT2D eigenvalue weighted by Gasteiger charge is -2.07. The third-order valence-electron chi connectivity index (χ3n) is 3.49. The molecule has 0 bridgehead atoms. The second-order valence-corrected chi connectivity index (χ2v) is 6.59. The number of carbonyl (C=O) groups excluding carboxylic acids is 1. The van der Waals surface area contributed by atoms with Crippen molar-refractivity contribution in [2.45, 2.75) is 6.42 Å². The highest BCUT2D eigenvalue weighted by atomic mass is 79.9. The van der Waals surface area contributed by atoms with Gasteiger partial charge in [-0.25, -0.2) is 4.98 Å². The zero-order valence-electron chi connectivity index (χ0n) is 12.9. The van der Waals surface area contributed by atoms with E-state index < -0.39 is 0 Å². The van der Waals surface area contributed by atoms with Gasteiger partial charge in [0.1, 0.15) is 5.82 Å². The number of para-hydroxylation sites is 1. The summed E-state index contributed by atoms with van der Waals surface area (Å²) in [7, 11) is 0. The van der Waals surface area contributed by atoms with E-state index in [0.29, 0.717) is 22.1 Å². The van der Waals surface area contributed by atoms with Gasteiger partial charge in [0.25, 0.3) is 5.56 Å². The molecule has 1 heterocycles. The Hall–Kier alpha value is -2.44. The van der Waals surface area contributed by atoms with Gasteiger partial charge in [0, 0.05) is 26.8 Å². The van der Waals surface area contributed by atoms with Crippen LogP contribution in [-0.2, 0) is 11.2 Å². The lowest BCUT2D eigenvalue weighted by Crippen LogP contribution is -2.22. The lowest BCUT2D eigenvalue weighted by atomic mass is 10.2. The van der Waals surface area contributed by atoms with Gasteiger partial charge in [-0.05, 0) is 52.3 Å². The third-order valence-corrected chi connectivity index (χ3v) is 4.43. The molecule has 0 saturated carbocycles. The van der Waals surface area contributed by atoms with Crippen molar-refractivity contribution in [3.63, 3.8) is 0 Å². The first-order chi connectivity index (χ1) is 12.0. The van der Waals surface area contributed by atoms with Crippen molar-refractivity contribution in [2.24, 2.45) is 0 Å². The van der Waals surface area contributed by atoms with Crippen LogP contribution in [0.3, 0.4) is 0 Å². The first-order valence-electron chi connectivity index (χ1n) is 7.41. The number of hydrogen-bond donors (Lipinski definition) is 2. The summed E-state index contributed by atoms with van der Waals surface area (Å²) in [5.74, 6) is 0.134. The van der Waals surface area contributed by atoms with Gasteiger partial charge in [0.2, 0.25) is 5.91 Å². The molecule has 0 aliphatic carbocycles. The Balaban J connectivity index is 1.75. The van der Waals surface area contributed by atoms with E-state index >= 15 is 0 Å². The minimum absolute atomic E-state index is 0.0649. The van der Waals surface area contributed by atoms with Crippen molar-refractivity contribution in [2.75, 3.05) is 5.32 Å². The van der Waals surface area contributed by atoms with Gasteiger partial charge >= 0.3 is 0 Å². The summed E-state index contributed by atoms with van der Waals surface area (Å²) < 4.78 is 0.772. The van der Waals surface area contributed by atoms with Gasteiger partial charge in [0.05, 0.1) is 12.1 Å². The zero-order valence-corrected chi connectivity index (χ0v) is 15.3. The van der Waals surface area contributed by atoms with Crippen LogP contribution in [0.5, 0.6) is 0 Å². The monoisotopic (exact) mass is 417 g/mol. The molecule has 0 radical (unpaired) electrons. The third kappa shape index (κ3) is 4.35. The molecule has 0 saturated heterocycles. The Morgan fingerprint density at radius 2 is 1.88 bits per heavy atom. The number of nitrogens with zero attached hydrogens (tertiary/aromatic N) is 1. The van der Waals surface area contributed by atoms with E-state index in [4.69, 9.17) is 11.6 Å². The van der Waals surface area contributed by atoms with E-state index in [1.54, 1.807) is 30.3 Å². The highest BCUT2D eigenvalue weighted by Gasteiger charge is 2.11. The first kappa shape index (κ1) is 17.4. The first-order valence-corrected chi connectivity index (χ1v) is 8.58. The molecule has 25 heavy (non-hydrogen) atoms. The second kappa shape index (κ2) is 7.63. The van der Waals surface area contributed by atoms with E-state index in [9.17, 15) is 9.59 Å². The van der Waals surface area contributed by atoms with Gasteiger partial charge in [0.15, 0.2) is 0 Å². The number of carbonyl (C=O) groups is 1. The molecule has 0 fully saturated rings. The smallest absolute Gasteiger partial charge is 0.254 e. The molecule has 3 aromatic rings. The largest absolute Gasteiger partial charge is 0.325 e. The highest BCUT2D eigenvalue weighted by molar-refractivity contribution is 9.10. The van der Waals surface area contributed by atoms with Crippen LogP contribution in [0.15, 0.2) is 64.0 Å². The molecule has 0 aliphatic rings. The maximum absolute atomic E-state index is 12.2. The summed E-state index contributed by atoms with van der Waals surface area (Å²) in [4.78, 5) is 31.3. The van der Waals surface area contributed by atoms with E-state index in [0.717, 1.165) is 10.0 Å². The van der Waals surface area contributed by atoms with Crippen LogP contribution in [0.2, 0.25) is 5.02 Å². The Morgan fingerprint density at radius 1 is 1.16 bits per heavy atom. The fraction of sp³-hybridized carbons (Fsp3) is 0.0556. The minimum Gasteiger partial charge on any atom is -0.325 e. The topological polar surface area (TPSA) is 74.8 Å². The average Bonchev–Trinajstić information content (AvgIpc) is 2.59. The number of amides is 1. The van der Waals surface area contributed by atoms with Crippen LogP contribution in [0.1, 0.15) is 5.56 Å². The molecule has 126 valence electrons. The van der Waals surface area contributed by atoms with Crippen LogP contribution < -0.4 is 10.9 Å². The molecule has 5 nitrogen and oxygen atoms in total. The molecular weight excluding hydrogens is 406 g/mol. The van der Waals surface area contributed by atoms with Gasteiger partial charge in [-0.3, -0.25) is 9.59 Å². The van der Waals surface area contributed by atoms with Gasteiger partial charge < -0.3 is 10.3 Å². The molecule has 0 aliphatic heterocycles. The van der Waals surface area contributed by atoms with Crippen molar-refractivity contribution >= 4 is 39.1 Å². The number of nitrogens with one attached hydrogen (secondary N) is 2. The molecule has 1 aromatic heterocycles. The Morgan fingerprint density at radius 3 is 2.56 bits per heavy atom. The van der Waals surface area contributed by atoms with Crippen molar-refractivity contribution in [1.82, 2.24) is 9.97 Å². The number of anilines is 1. The number of benzene rings is 2. The van der Waals surface area contributed by atoms with Crippen molar-refractivity contribution in [3.05, 3.63) is 80.1 Å². The quantitative estimate of drug-likeness (QED) is 0.671. The molecule has 2 aromatic carbocycles. The summed E-state index contributed by atoms with van der Waals surface area (Å²) in [6, 6.07) is 14.2. The second-order valence-electron chi connectivity index (χ2n) is 5.30. The average molecular weight is 419 g/mol. The predicted molar refractivity (Wildman–Crippen MR) is 102 cm³/mol. The fourth-order valence-corrected chi connectivity index (χ4v) is 2.74. The predicted octanol–water partition coefficient (Wildman–Crippen LogP) is 4.03. The van der Waals surface area contributed by atoms with E-state index in [2.05, 4.69) is 31.2 Å². The maximum atomic E-state index is 12.2. The Labute approximate surface area is 157 Å². The number of aromatic amines is 1. The van der Waals surface area contributed by atoms with E-state index in [1.807, 2.05) is 18.2 Å². The summed E-state index contributed by atoms with van der Waals surface area (Å²) in [5.41, 5.74) is 1.34. The standard InChI is InChI=1S/C18H13BrClN3O2/c19-14-3-1-2-4-15(14)22-16(24)9-12-10-21-17(23-18(12)25)11-5-7-13(20)8-6-11/h1-8,10H,9H2,(H,22,24)(H,21,23,25). The molecule has 1 amide bonds. The molecular formula is C18H13BrClN3O2. The Bertz CT molecular complexity index is 971. The van der Waals surface area contributed by atoms with E-state index in [1.165, 1.54) is 6.20 Å². The maximum Gasteiger partial charge on any atom is 0.254 e. The van der Waals surface area contributed by atoms with E-state index in [-0.39, 0.29) is 17.9 Å². The molecule has 7 heteroatoms. The molecule has 2 N–H and O–H groups in total. The summed E-state index contributed by atoms with van der Waals surface area (Å²) in [6.07, 6.45) is 1.35. The van der Waals surface area contributed by atoms with Crippen molar-refractivity contribution < 1.29 is 4.79 Å². The van der Waals surface area contributed by atoms with Crippen molar-refractivity contribution in [1.29, 1.82) is 0 Å². The number of rotatable bonds is 4. The molecule has 3 rings (SSSR count). The van der Waals surface area contributed by atoms with Crippen molar-refractivity contribution in [3.8, 4) is 11.4 Å². The number of hydrogen-bond acceptors (Lipinski definition) is 3. The van der Waals surface area contributed by atoms with Crippen LogP contribution in [-0.4, -0.2) is 15.9 Å². The summed E-state index contributed by atoms with van der Waals surface area (Å²) in [5, 5.41) is 3.36.